The van der Waals surface area contributed by atoms with Crippen molar-refractivity contribution in [2.75, 3.05) is 0 Å². The molecule has 0 aliphatic rings. The fourth-order valence-corrected chi connectivity index (χ4v) is 2.73. The Kier molecular flexibility index (Phi) is 5.17. The summed E-state index contributed by atoms with van der Waals surface area (Å²) in [5.74, 6) is -0.219. The summed E-state index contributed by atoms with van der Waals surface area (Å²) in [4.78, 5) is 0. The summed E-state index contributed by atoms with van der Waals surface area (Å²) in [5, 5.41) is 4.54. The van der Waals surface area contributed by atoms with Crippen LogP contribution in [0.3, 0.4) is 0 Å². The van der Waals surface area contributed by atoms with E-state index in [1.165, 1.54) is 11.6 Å². The summed E-state index contributed by atoms with van der Waals surface area (Å²) in [7, 11) is 0. The lowest BCUT2D eigenvalue weighted by atomic mass is 10.0. The predicted molar refractivity (Wildman–Crippen MR) is 86.9 cm³/mol. The van der Waals surface area contributed by atoms with Crippen LogP contribution in [0.15, 0.2) is 22.7 Å². The first-order valence-corrected chi connectivity index (χ1v) is 7.94. The zero-order valence-corrected chi connectivity index (χ0v) is 14.2. The van der Waals surface area contributed by atoms with E-state index in [2.05, 4.69) is 28.0 Å². The van der Waals surface area contributed by atoms with Crippen LogP contribution in [0.1, 0.15) is 35.9 Å². The van der Waals surface area contributed by atoms with Gasteiger partial charge in [0, 0.05) is 21.8 Å². The summed E-state index contributed by atoms with van der Waals surface area (Å²) >= 11 is 3.27. The molecule has 0 fully saturated rings. The zero-order valence-electron chi connectivity index (χ0n) is 12.7. The van der Waals surface area contributed by atoms with E-state index in [1.54, 1.807) is 6.07 Å². The summed E-state index contributed by atoms with van der Waals surface area (Å²) in [6.45, 7) is 6.53. The third-order valence-corrected chi connectivity index (χ3v) is 4.35. The second-order valence-corrected chi connectivity index (χ2v) is 6.33. The first-order chi connectivity index (χ1) is 9.92. The Morgan fingerprint density at radius 1 is 1.38 bits per heavy atom. The number of hydrogen-bond acceptors (Lipinski definition) is 2. The van der Waals surface area contributed by atoms with Gasteiger partial charge in [0.2, 0.25) is 0 Å². The van der Waals surface area contributed by atoms with Crippen molar-refractivity contribution in [3.8, 4) is 0 Å². The molecule has 0 saturated carbocycles. The van der Waals surface area contributed by atoms with Crippen molar-refractivity contribution in [2.45, 2.75) is 46.2 Å². The number of nitrogens with zero attached hydrogens (tertiary/aromatic N) is 2. The van der Waals surface area contributed by atoms with Gasteiger partial charge in [-0.1, -0.05) is 28.9 Å². The maximum absolute atomic E-state index is 13.9. The van der Waals surface area contributed by atoms with Crippen LogP contribution in [0.4, 0.5) is 4.39 Å². The molecular formula is C16H21BrFN3. The van der Waals surface area contributed by atoms with Gasteiger partial charge in [0.25, 0.3) is 0 Å². The largest absolute Gasteiger partial charge is 0.327 e. The Hall–Kier alpha value is -1.20. The summed E-state index contributed by atoms with van der Waals surface area (Å²) in [6, 6.07) is 5.25. The minimum absolute atomic E-state index is 0.143. The third-order valence-electron chi connectivity index (χ3n) is 3.86. The van der Waals surface area contributed by atoms with Crippen LogP contribution in [0, 0.1) is 19.7 Å². The van der Waals surface area contributed by atoms with Crippen molar-refractivity contribution in [3.05, 3.63) is 51.0 Å². The Balaban J connectivity index is 2.27. The van der Waals surface area contributed by atoms with Crippen molar-refractivity contribution < 1.29 is 4.39 Å². The van der Waals surface area contributed by atoms with Crippen molar-refractivity contribution in [1.29, 1.82) is 0 Å². The molecular weight excluding hydrogens is 333 g/mol. The molecule has 0 aliphatic heterocycles. The van der Waals surface area contributed by atoms with Crippen LogP contribution in [0.5, 0.6) is 0 Å². The maximum Gasteiger partial charge on any atom is 0.129 e. The summed E-state index contributed by atoms with van der Waals surface area (Å²) in [6.07, 6.45) is 1.75. The molecule has 5 heteroatoms. The molecule has 0 saturated heterocycles. The lowest BCUT2D eigenvalue weighted by molar-refractivity contribution is 0.577. The monoisotopic (exact) mass is 353 g/mol. The predicted octanol–water partition coefficient (Wildman–Crippen LogP) is 3.73. The number of hydrogen-bond donors (Lipinski definition) is 1. The molecule has 114 valence electrons. The third kappa shape index (κ3) is 3.71. The highest BCUT2D eigenvalue weighted by atomic mass is 79.9. The molecule has 2 rings (SSSR count). The number of benzene rings is 1. The number of aromatic nitrogens is 2. The van der Waals surface area contributed by atoms with Crippen LogP contribution in [-0.2, 0) is 13.0 Å². The Bertz CT molecular complexity index is 637. The Morgan fingerprint density at radius 2 is 2.10 bits per heavy atom. The molecule has 2 N–H and O–H groups in total. The quantitative estimate of drug-likeness (QED) is 0.889. The second kappa shape index (κ2) is 6.71. The SMILES string of the molecule is CCC(N)Cc1c(C)nn(Cc2ccc(Br)cc2F)c1C. The number of halogens is 2. The average Bonchev–Trinajstić information content (AvgIpc) is 2.69. The van der Waals surface area contributed by atoms with E-state index in [9.17, 15) is 4.39 Å². The van der Waals surface area contributed by atoms with Crippen LogP contribution < -0.4 is 5.73 Å². The van der Waals surface area contributed by atoms with Crippen LogP contribution in [0.2, 0.25) is 0 Å². The number of rotatable bonds is 5. The Morgan fingerprint density at radius 3 is 2.71 bits per heavy atom. The molecule has 0 spiro atoms. The van der Waals surface area contributed by atoms with Gasteiger partial charge in [-0.3, -0.25) is 4.68 Å². The van der Waals surface area contributed by atoms with Gasteiger partial charge in [-0.05, 0) is 44.4 Å². The van der Waals surface area contributed by atoms with Crippen molar-refractivity contribution in [3.63, 3.8) is 0 Å². The van der Waals surface area contributed by atoms with Gasteiger partial charge in [0.05, 0.1) is 12.2 Å². The Labute approximate surface area is 133 Å². The lowest BCUT2D eigenvalue weighted by Gasteiger charge is -2.10. The number of aryl methyl sites for hydroxylation is 1. The van der Waals surface area contributed by atoms with E-state index < -0.39 is 0 Å². The molecule has 3 nitrogen and oxygen atoms in total. The normalized spacial score (nSPS) is 12.7. The fraction of sp³-hybridized carbons (Fsp3) is 0.438. The fourth-order valence-electron chi connectivity index (χ4n) is 2.40. The molecule has 21 heavy (non-hydrogen) atoms. The summed E-state index contributed by atoms with van der Waals surface area (Å²) in [5.41, 5.74) is 9.91. The minimum Gasteiger partial charge on any atom is -0.327 e. The average molecular weight is 354 g/mol. The second-order valence-electron chi connectivity index (χ2n) is 5.42. The van der Waals surface area contributed by atoms with E-state index in [0.717, 1.165) is 28.7 Å². The minimum atomic E-state index is -0.219. The highest BCUT2D eigenvalue weighted by Crippen LogP contribution is 2.20. The lowest BCUT2D eigenvalue weighted by Crippen LogP contribution is -2.22. The van der Waals surface area contributed by atoms with Crippen molar-refractivity contribution in [2.24, 2.45) is 5.73 Å². The standard InChI is InChI=1S/C16H21BrFN3/c1-4-14(19)8-15-10(2)20-21(11(15)3)9-12-5-6-13(17)7-16(12)18/h5-7,14H,4,8-9,19H2,1-3H3. The van der Waals surface area contributed by atoms with Gasteiger partial charge in [-0.25, -0.2) is 4.39 Å². The van der Waals surface area contributed by atoms with E-state index in [-0.39, 0.29) is 11.9 Å². The molecule has 0 amide bonds. The zero-order chi connectivity index (χ0) is 15.6. The van der Waals surface area contributed by atoms with Crippen molar-refractivity contribution in [1.82, 2.24) is 9.78 Å². The molecule has 1 atom stereocenters. The molecule has 0 aliphatic carbocycles. The highest BCUT2D eigenvalue weighted by Gasteiger charge is 2.15. The van der Waals surface area contributed by atoms with E-state index in [4.69, 9.17) is 5.73 Å². The van der Waals surface area contributed by atoms with Crippen molar-refractivity contribution >= 4 is 15.9 Å². The summed E-state index contributed by atoms with van der Waals surface area (Å²) < 4.78 is 16.6. The molecule has 1 aromatic heterocycles. The van der Waals surface area contributed by atoms with Gasteiger partial charge in [0.1, 0.15) is 5.82 Å². The van der Waals surface area contributed by atoms with Gasteiger partial charge in [-0.15, -0.1) is 0 Å². The van der Waals surface area contributed by atoms with Crippen LogP contribution in [0.25, 0.3) is 0 Å². The van der Waals surface area contributed by atoms with Crippen LogP contribution in [-0.4, -0.2) is 15.8 Å². The molecule has 1 aromatic carbocycles. The topological polar surface area (TPSA) is 43.8 Å². The van der Waals surface area contributed by atoms with Gasteiger partial charge >= 0.3 is 0 Å². The van der Waals surface area contributed by atoms with E-state index >= 15 is 0 Å². The molecule has 1 unspecified atom stereocenters. The van der Waals surface area contributed by atoms with Crippen LogP contribution >= 0.6 is 15.9 Å². The molecule has 2 aromatic rings. The smallest absolute Gasteiger partial charge is 0.129 e. The van der Waals surface area contributed by atoms with Gasteiger partial charge < -0.3 is 5.73 Å². The maximum atomic E-state index is 13.9. The molecule has 0 bridgehead atoms. The first-order valence-electron chi connectivity index (χ1n) is 7.14. The first kappa shape index (κ1) is 16.2. The number of nitrogens with two attached hydrogens (primary N) is 1. The molecule has 1 heterocycles. The van der Waals surface area contributed by atoms with E-state index in [0.29, 0.717) is 12.1 Å². The van der Waals surface area contributed by atoms with Gasteiger partial charge in [0.15, 0.2) is 0 Å². The molecule has 0 radical (unpaired) electrons. The van der Waals surface area contributed by atoms with Gasteiger partial charge in [-0.2, -0.15) is 5.10 Å². The van der Waals surface area contributed by atoms with E-state index in [1.807, 2.05) is 24.6 Å². The highest BCUT2D eigenvalue weighted by molar-refractivity contribution is 9.10.